The first-order valence-electron chi connectivity index (χ1n) is 6.02. The van der Waals surface area contributed by atoms with E-state index in [1.807, 2.05) is 0 Å². The molecule has 2 heterocycles. The summed E-state index contributed by atoms with van der Waals surface area (Å²) in [5, 5.41) is 0.294. The van der Waals surface area contributed by atoms with E-state index in [2.05, 4.69) is 9.97 Å². The molecule has 1 atom stereocenters. The second-order valence-corrected chi connectivity index (χ2v) is 6.49. The van der Waals surface area contributed by atoms with Crippen LogP contribution in [0.5, 0.6) is 0 Å². The van der Waals surface area contributed by atoms with E-state index in [-0.39, 0.29) is 27.4 Å². The van der Waals surface area contributed by atoms with Crippen molar-refractivity contribution >= 4 is 51.7 Å². The van der Waals surface area contributed by atoms with Gasteiger partial charge in [0.25, 0.3) is 0 Å². The van der Waals surface area contributed by atoms with Gasteiger partial charge < -0.3 is 4.90 Å². The minimum atomic E-state index is -0.0323. The first-order chi connectivity index (χ1) is 9.38. The summed E-state index contributed by atoms with van der Waals surface area (Å²) < 4.78 is 0. The third-order valence-electron chi connectivity index (χ3n) is 2.99. The number of halogens is 2. The SMILES string of the molecule is CC(=O)SCC1CC(=O)N(c2c(C)nc(Cl)nc2Cl)C1. The van der Waals surface area contributed by atoms with Crippen molar-refractivity contribution < 1.29 is 9.59 Å². The van der Waals surface area contributed by atoms with Gasteiger partial charge in [-0.25, -0.2) is 9.97 Å². The average molecular weight is 334 g/mol. The molecule has 2 rings (SSSR count). The van der Waals surface area contributed by atoms with Crippen LogP contribution in [0, 0.1) is 12.8 Å². The van der Waals surface area contributed by atoms with Gasteiger partial charge in [-0.2, -0.15) is 0 Å². The van der Waals surface area contributed by atoms with Crippen LogP contribution in [-0.2, 0) is 9.59 Å². The van der Waals surface area contributed by atoms with Crippen molar-refractivity contribution in [1.82, 2.24) is 9.97 Å². The van der Waals surface area contributed by atoms with E-state index >= 15 is 0 Å². The van der Waals surface area contributed by atoms with Gasteiger partial charge in [0, 0.05) is 25.6 Å². The lowest BCUT2D eigenvalue weighted by Gasteiger charge is -2.19. The minimum Gasteiger partial charge on any atom is -0.308 e. The Bertz CT molecular complexity index is 545. The Morgan fingerprint density at radius 3 is 2.75 bits per heavy atom. The summed E-state index contributed by atoms with van der Waals surface area (Å²) in [5.41, 5.74) is 1.08. The molecule has 1 unspecified atom stereocenters. The summed E-state index contributed by atoms with van der Waals surface area (Å²) in [5.74, 6) is 0.723. The number of amides is 1. The number of carbonyl (C=O) groups is 2. The molecule has 1 amide bonds. The Morgan fingerprint density at radius 2 is 2.15 bits per heavy atom. The maximum Gasteiger partial charge on any atom is 0.227 e. The van der Waals surface area contributed by atoms with E-state index in [4.69, 9.17) is 23.2 Å². The van der Waals surface area contributed by atoms with Crippen LogP contribution in [0.25, 0.3) is 0 Å². The predicted molar refractivity (Wildman–Crippen MR) is 80.4 cm³/mol. The molecule has 1 saturated heterocycles. The quantitative estimate of drug-likeness (QED) is 0.628. The normalized spacial score (nSPS) is 18.7. The summed E-state index contributed by atoms with van der Waals surface area (Å²) in [6.45, 7) is 3.78. The smallest absolute Gasteiger partial charge is 0.227 e. The van der Waals surface area contributed by atoms with Gasteiger partial charge in [-0.1, -0.05) is 23.4 Å². The molecule has 20 heavy (non-hydrogen) atoms. The molecular weight excluding hydrogens is 321 g/mol. The molecule has 8 heteroatoms. The molecule has 108 valence electrons. The van der Waals surface area contributed by atoms with Crippen molar-refractivity contribution in [2.75, 3.05) is 17.2 Å². The van der Waals surface area contributed by atoms with Crippen molar-refractivity contribution in [3.63, 3.8) is 0 Å². The van der Waals surface area contributed by atoms with Gasteiger partial charge in [0.05, 0.1) is 5.69 Å². The molecule has 5 nitrogen and oxygen atoms in total. The van der Waals surface area contributed by atoms with Crippen LogP contribution in [0.3, 0.4) is 0 Å². The van der Waals surface area contributed by atoms with Crippen molar-refractivity contribution in [2.45, 2.75) is 20.3 Å². The number of aryl methyl sites for hydroxylation is 1. The van der Waals surface area contributed by atoms with Crippen LogP contribution in [0.4, 0.5) is 5.69 Å². The highest BCUT2D eigenvalue weighted by Gasteiger charge is 2.33. The maximum atomic E-state index is 12.1. The molecule has 0 spiro atoms. The van der Waals surface area contributed by atoms with E-state index in [0.29, 0.717) is 30.1 Å². The highest BCUT2D eigenvalue weighted by molar-refractivity contribution is 8.13. The number of hydrogen-bond acceptors (Lipinski definition) is 5. The number of hydrogen-bond donors (Lipinski definition) is 0. The van der Waals surface area contributed by atoms with E-state index in [9.17, 15) is 9.59 Å². The Hall–Kier alpha value is -0.850. The van der Waals surface area contributed by atoms with Crippen LogP contribution in [-0.4, -0.2) is 33.3 Å². The van der Waals surface area contributed by atoms with Gasteiger partial charge in [-0.05, 0) is 24.4 Å². The fourth-order valence-electron chi connectivity index (χ4n) is 2.15. The monoisotopic (exact) mass is 333 g/mol. The highest BCUT2D eigenvalue weighted by atomic mass is 35.5. The second-order valence-electron chi connectivity index (χ2n) is 4.59. The number of rotatable bonds is 3. The topological polar surface area (TPSA) is 63.2 Å². The molecule has 0 saturated carbocycles. The van der Waals surface area contributed by atoms with Gasteiger partial charge in [0.2, 0.25) is 11.2 Å². The number of thioether (sulfide) groups is 1. The van der Waals surface area contributed by atoms with Gasteiger partial charge in [-0.3, -0.25) is 9.59 Å². The molecule has 0 aromatic carbocycles. The largest absolute Gasteiger partial charge is 0.308 e. The highest BCUT2D eigenvalue weighted by Crippen LogP contribution is 2.33. The molecule has 1 fully saturated rings. The fourth-order valence-corrected chi connectivity index (χ4v) is 3.42. The molecule has 0 N–H and O–H groups in total. The third-order valence-corrected chi connectivity index (χ3v) is 4.46. The summed E-state index contributed by atoms with van der Waals surface area (Å²) in [6.07, 6.45) is 0.401. The maximum absolute atomic E-state index is 12.1. The zero-order valence-corrected chi connectivity index (χ0v) is 13.3. The van der Waals surface area contributed by atoms with Gasteiger partial charge in [0.15, 0.2) is 10.3 Å². The minimum absolute atomic E-state index is 0.0323. The molecule has 1 aromatic rings. The molecule has 1 aliphatic heterocycles. The van der Waals surface area contributed by atoms with Crippen molar-refractivity contribution in [3.8, 4) is 0 Å². The lowest BCUT2D eigenvalue weighted by atomic mass is 10.1. The molecule has 1 aliphatic rings. The van der Waals surface area contributed by atoms with Crippen LogP contribution in [0.15, 0.2) is 0 Å². The van der Waals surface area contributed by atoms with E-state index in [1.165, 1.54) is 18.7 Å². The van der Waals surface area contributed by atoms with E-state index < -0.39 is 0 Å². The summed E-state index contributed by atoms with van der Waals surface area (Å²) >= 11 is 13.0. The second kappa shape index (κ2) is 6.28. The van der Waals surface area contributed by atoms with Gasteiger partial charge >= 0.3 is 0 Å². The number of nitrogens with zero attached hydrogens (tertiary/aromatic N) is 3. The first kappa shape index (κ1) is 15.5. The number of aromatic nitrogens is 2. The Kier molecular flexibility index (Phi) is 4.88. The van der Waals surface area contributed by atoms with E-state index in [0.717, 1.165) is 0 Å². The molecule has 0 aliphatic carbocycles. The fraction of sp³-hybridized carbons (Fsp3) is 0.500. The molecule has 0 radical (unpaired) electrons. The lowest BCUT2D eigenvalue weighted by molar-refractivity contribution is -0.117. The summed E-state index contributed by atoms with van der Waals surface area (Å²) in [7, 11) is 0. The van der Waals surface area contributed by atoms with Crippen molar-refractivity contribution in [3.05, 3.63) is 16.1 Å². The third kappa shape index (κ3) is 3.42. The van der Waals surface area contributed by atoms with E-state index in [1.54, 1.807) is 11.8 Å². The molecular formula is C12H13Cl2N3O2S. The Morgan fingerprint density at radius 1 is 1.45 bits per heavy atom. The van der Waals surface area contributed by atoms with Crippen LogP contribution in [0.2, 0.25) is 10.4 Å². The standard InChI is InChI=1S/C12H13Cl2N3O2S/c1-6-10(11(13)16-12(14)15-6)17-4-8(3-9(17)19)5-20-7(2)18/h8H,3-5H2,1-2H3. The molecule has 1 aromatic heterocycles. The van der Waals surface area contributed by atoms with Gasteiger partial charge in [-0.15, -0.1) is 0 Å². The zero-order chi connectivity index (χ0) is 14.9. The first-order valence-corrected chi connectivity index (χ1v) is 7.76. The van der Waals surface area contributed by atoms with Crippen LogP contribution in [0.1, 0.15) is 19.0 Å². The lowest BCUT2D eigenvalue weighted by Crippen LogP contribution is -2.26. The molecule has 0 bridgehead atoms. The average Bonchev–Trinajstić information content (AvgIpc) is 2.67. The predicted octanol–water partition coefficient (Wildman–Crippen LogP) is 2.72. The summed E-state index contributed by atoms with van der Waals surface area (Å²) in [6, 6.07) is 0. The summed E-state index contributed by atoms with van der Waals surface area (Å²) in [4.78, 5) is 32.6. The van der Waals surface area contributed by atoms with Crippen molar-refractivity contribution in [1.29, 1.82) is 0 Å². The van der Waals surface area contributed by atoms with Crippen LogP contribution >= 0.6 is 35.0 Å². The number of anilines is 1. The number of carbonyl (C=O) groups excluding carboxylic acids is 2. The zero-order valence-electron chi connectivity index (χ0n) is 11.0. The van der Waals surface area contributed by atoms with Crippen LogP contribution < -0.4 is 4.90 Å². The Balaban J connectivity index is 2.18. The van der Waals surface area contributed by atoms with Gasteiger partial charge in [0.1, 0.15) is 5.69 Å². The Labute approximate surface area is 131 Å². The van der Waals surface area contributed by atoms with Crippen molar-refractivity contribution in [2.24, 2.45) is 5.92 Å².